The topological polar surface area (TPSA) is 105 Å². The van der Waals surface area contributed by atoms with Gasteiger partial charge in [0, 0.05) is 25.6 Å². The van der Waals surface area contributed by atoms with Crippen molar-refractivity contribution in [3.63, 3.8) is 0 Å². The molecule has 0 radical (unpaired) electrons. The number of halogens is 3. The lowest BCUT2D eigenvalue weighted by Gasteiger charge is -2.34. The van der Waals surface area contributed by atoms with E-state index in [9.17, 15) is 22.4 Å². The van der Waals surface area contributed by atoms with Crippen LogP contribution in [0.4, 0.5) is 10.1 Å². The van der Waals surface area contributed by atoms with Crippen molar-refractivity contribution in [1.82, 2.24) is 10.2 Å². The van der Waals surface area contributed by atoms with Gasteiger partial charge in [0.2, 0.25) is 11.8 Å². The summed E-state index contributed by atoms with van der Waals surface area (Å²) in [7, 11) is -1.69. The van der Waals surface area contributed by atoms with Crippen molar-refractivity contribution in [2.45, 2.75) is 37.8 Å². The van der Waals surface area contributed by atoms with Crippen molar-refractivity contribution in [3.8, 4) is 11.5 Å². The van der Waals surface area contributed by atoms with E-state index in [4.69, 9.17) is 32.7 Å². The highest BCUT2D eigenvalue weighted by Gasteiger charge is 2.35. The maximum absolute atomic E-state index is 14.6. The van der Waals surface area contributed by atoms with Crippen LogP contribution in [0.15, 0.2) is 95.9 Å². The van der Waals surface area contributed by atoms with Gasteiger partial charge in [0.05, 0.1) is 34.8 Å². The highest BCUT2D eigenvalue weighted by atomic mass is 35.5. The van der Waals surface area contributed by atoms with Crippen LogP contribution in [0.25, 0.3) is 0 Å². The maximum atomic E-state index is 14.6. The number of carbonyl (C=O) groups excluding carboxylic acids is 2. The summed E-state index contributed by atoms with van der Waals surface area (Å²) in [6.45, 7) is 3.42. The molecule has 0 aliphatic heterocycles. The number of methoxy groups -OCH3 is 2. The monoisotopic (exact) mass is 729 g/mol. The predicted octanol–water partition coefficient (Wildman–Crippen LogP) is 6.76. The van der Waals surface area contributed by atoms with Crippen molar-refractivity contribution in [3.05, 3.63) is 118 Å². The third-order valence-corrected chi connectivity index (χ3v) is 10.1. The standard InChI is InChI=1S/C36H38Cl2FN3O6S/c1-24(2)21-40-36(44)32(19-25-8-6-5-7-9-25)41(22-26-10-16-30(37)31(38)18-26)35(43)23-42(28-13-11-27(39)12-14-28)49(45,46)29-15-17-33(47-3)34(20-29)48-4/h5-18,20,24,32H,19,21-23H2,1-4H3,(H,40,44). The number of nitrogens with zero attached hydrogens (tertiary/aromatic N) is 2. The van der Waals surface area contributed by atoms with Crippen LogP contribution >= 0.6 is 23.2 Å². The summed E-state index contributed by atoms with van der Waals surface area (Å²) in [5.74, 6) is -1.12. The van der Waals surface area contributed by atoms with Gasteiger partial charge in [-0.1, -0.05) is 73.4 Å². The zero-order chi connectivity index (χ0) is 35.7. The van der Waals surface area contributed by atoms with Gasteiger partial charge in [-0.15, -0.1) is 0 Å². The normalized spacial score (nSPS) is 11.9. The number of carbonyl (C=O) groups is 2. The Morgan fingerprint density at radius 2 is 1.51 bits per heavy atom. The van der Waals surface area contributed by atoms with Gasteiger partial charge < -0.3 is 19.7 Å². The van der Waals surface area contributed by atoms with Crippen molar-refractivity contribution in [2.75, 3.05) is 31.6 Å². The summed E-state index contributed by atoms with van der Waals surface area (Å²) in [5.41, 5.74) is 1.38. The molecule has 0 spiro atoms. The summed E-state index contributed by atoms with van der Waals surface area (Å²) in [6.07, 6.45) is 0.136. The molecule has 49 heavy (non-hydrogen) atoms. The SMILES string of the molecule is COc1ccc(S(=O)(=O)N(CC(=O)N(Cc2ccc(Cl)c(Cl)c2)C(Cc2ccccc2)C(=O)NCC(C)C)c2ccc(F)cc2)cc1OC. The Balaban J connectivity index is 1.83. The first-order valence-corrected chi connectivity index (χ1v) is 17.6. The molecule has 0 bridgehead atoms. The number of amides is 2. The molecular weight excluding hydrogens is 692 g/mol. The fourth-order valence-corrected chi connectivity index (χ4v) is 6.80. The number of hydrogen-bond acceptors (Lipinski definition) is 6. The highest BCUT2D eigenvalue weighted by Crippen LogP contribution is 2.33. The van der Waals surface area contributed by atoms with Crippen molar-refractivity contribution in [2.24, 2.45) is 5.92 Å². The van der Waals surface area contributed by atoms with Crippen molar-refractivity contribution >= 4 is 50.7 Å². The lowest BCUT2D eigenvalue weighted by molar-refractivity contribution is -0.140. The average molecular weight is 731 g/mol. The van der Waals surface area contributed by atoms with Gasteiger partial charge in [0.15, 0.2) is 11.5 Å². The van der Waals surface area contributed by atoms with E-state index in [2.05, 4.69) is 5.32 Å². The molecule has 0 saturated carbocycles. The van der Waals surface area contributed by atoms with Gasteiger partial charge in [0.25, 0.3) is 10.0 Å². The minimum absolute atomic E-state index is 0.0305. The van der Waals surface area contributed by atoms with Crippen LogP contribution in [0.3, 0.4) is 0 Å². The highest BCUT2D eigenvalue weighted by molar-refractivity contribution is 7.92. The Labute approximate surface area is 296 Å². The van der Waals surface area contributed by atoms with Crippen LogP contribution in [0.1, 0.15) is 25.0 Å². The second kappa shape index (κ2) is 16.9. The van der Waals surface area contributed by atoms with Crippen LogP contribution in [0, 0.1) is 11.7 Å². The number of rotatable bonds is 15. The van der Waals surface area contributed by atoms with Gasteiger partial charge >= 0.3 is 0 Å². The molecule has 4 aromatic rings. The second-order valence-electron chi connectivity index (χ2n) is 11.6. The number of benzene rings is 4. The molecule has 0 aliphatic carbocycles. The van der Waals surface area contributed by atoms with E-state index in [-0.39, 0.29) is 40.2 Å². The van der Waals surface area contributed by atoms with Gasteiger partial charge in [-0.3, -0.25) is 13.9 Å². The summed E-state index contributed by atoms with van der Waals surface area (Å²) in [6, 6.07) is 21.7. The maximum Gasteiger partial charge on any atom is 0.264 e. The molecule has 9 nitrogen and oxygen atoms in total. The van der Waals surface area contributed by atoms with Gasteiger partial charge in [-0.25, -0.2) is 12.8 Å². The minimum Gasteiger partial charge on any atom is -0.493 e. The first kappa shape index (κ1) is 37.5. The summed E-state index contributed by atoms with van der Waals surface area (Å²) in [5, 5.41) is 3.49. The predicted molar refractivity (Wildman–Crippen MR) is 189 cm³/mol. The number of nitrogens with one attached hydrogen (secondary N) is 1. The van der Waals surface area contributed by atoms with Crippen LogP contribution in [-0.2, 0) is 32.6 Å². The quantitative estimate of drug-likeness (QED) is 0.145. The van der Waals surface area contributed by atoms with Crippen LogP contribution < -0.4 is 19.1 Å². The molecule has 0 heterocycles. The molecular formula is C36H38Cl2FN3O6S. The molecule has 260 valence electrons. The number of hydrogen-bond donors (Lipinski definition) is 1. The third-order valence-electron chi connectivity index (χ3n) is 7.63. The Bertz CT molecular complexity index is 1860. The Kier molecular flexibility index (Phi) is 12.9. The van der Waals surface area contributed by atoms with Crippen LogP contribution in [0.5, 0.6) is 11.5 Å². The third kappa shape index (κ3) is 9.65. The molecule has 1 unspecified atom stereocenters. The molecule has 1 N–H and O–H groups in total. The Morgan fingerprint density at radius 1 is 0.837 bits per heavy atom. The number of ether oxygens (including phenoxy) is 2. The molecule has 2 amide bonds. The molecule has 4 aromatic carbocycles. The van der Waals surface area contributed by atoms with Crippen molar-refractivity contribution in [1.29, 1.82) is 0 Å². The average Bonchev–Trinajstić information content (AvgIpc) is 3.09. The van der Waals surface area contributed by atoms with E-state index >= 15 is 0 Å². The molecule has 4 rings (SSSR count). The lowest BCUT2D eigenvalue weighted by atomic mass is 10.0. The summed E-state index contributed by atoms with van der Waals surface area (Å²) < 4.78 is 54.1. The fourth-order valence-electron chi connectivity index (χ4n) is 5.05. The zero-order valence-corrected chi connectivity index (χ0v) is 29.9. The molecule has 0 aliphatic rings. The largest absolute Gasteiger partial charge is 0.493 e. The van der Waals surface area contributed by atoms with Crippen LogP contribution in [0.2, 0.25) is 10.0 Å². The smallest absolute Gasteiger partial charge is 0.264 e. The first-order valence-electron chi connectivity index (χ1n) is 15.4. The van der Waals surface area contributed by atoms with E-state index in [1.807, 2.05) is 44.2 Å². The van der Waals surface area contributed by atoms with Gasteiger partial charge in [0.1, 0.15) is 18.4 Å². The van der Waals surface area contributed by atoms with Gasteiger partial charge in [-0.2, -0.15) is 0 Å². The molecule has 1 atom stereocenters. The zero-order valence-electron chi connectivity index (χ0n) is 27.5. The van der Waals surface area contributed by atoms with Gasteiger partial charge in [-0.05, 0) is 65.6 Å². The minimum atomic E-state index is -4.48. The molecule has 0 aromatic heterocycles. The molecule has 13 heteroatoms. The molecule has 0 saturated heterocycles. The lowest BCUT2D eigenvalue weighted by Crippen LogP contribution is -2.53. The van der Waals surface area contributed by atoms with Crippen LogP contribution in [-0.4, -0.2) is 58.5 Å². The Morgan fingerprint density at radius 3 is 2.12 bits per heavy atom. The van der Waals surface area contributed by atoms with E-state index in [1.165, 1.54) is 49.5 Å². The fraction of sp³-hybridized carbons (Fsp3) is 0.278. The van der Waals surface area contributed by atoms with E-state index in [0.29, 0.717) is 22.9 Å². The van der Waals surface area contributed by atoms with E-state index < -0.39 is 40.2 Å². The summed E-state index contributed by atoms with van der Waals surface area (Å²) >= 11 is 12.5. The Hall–Kier alpha value is -4.32. The number of anilines is 1. The molecule has 0 fully saturated rings. The first-order chi connectivity index (χ1) is 23.3. The van der Waals surface area contributed by atoms with Crippen molar-refractivity contribution < 1.29 is 31.9 Å². The van der Waals surface area contributed by atoms with E-state index in [1.54, 1.807) is 18.2 Å². The number of sulfonamides is 1. The second-order valence-corrected chi connectivity index (χ2v) is 14.3. The summed E-state index contributed by atoms with van der Waals surface area (Å²) in [4.78, 5) is 29.6. The van der Waals surface area contributed by atoms with E-state index in [0.717, 1.165) is 22.0 Å².